The van der Waals surface area contributed by atoms with Crippen molar-refractivity contribution in [2.24, 2.45) is 16.9 Å². The number of β-amino-alcohol motifs (C(OH)–C–C–N with tert-alkyl or cyclic N) is 1. The molecule has 18 heteroatoms. The minimum absolute atomic E-state index is 0.0437. The summed E-state index contributed by atoms with van der Waals surface area (Å²) in [4.78, 5) is 89.0. The standard InChI is InChI=1S/C52H65FN8O8S/c1-28-21-34(44(53)41(22-28)69-26-36(18-20-42(55)63)58-49(66)40-23-35-11-7-9-32-17-19-38(54)50(67)61(40)45(32)35)10-8-12-43(64)59-47(52(4,5)6)51(68)60-25-37(62)24-39(60)48(65)57-29(2)31-13-15-33(16-14-31)46-30(3)56-27-70-46/h7,9,11,13-16,21-22,27,29,36-40,47,62H,8,10,12,17-20,23-26,54H2,1-6H3,(H2,55,63)(H,57,65)(H,58,66)(H,59,64)/t29-,36-,37+,38-,39-,40-,47+/m0/s1. The van der Waals surface area contributed by atoms with Gasteiger partial charge in [0.1, 0.15) is 24.7 Å². The van der Waals surface area contributed by atoms with Crippen molar-refractivity contribution in [3.63, 3.8) is 0 Å². The van der Waals surface area contributed by atoms with Gasteiger partial charge in [0.15, 0.2) is 11.6 Å². The van der Waals surface area contributed by atoms with Crippen LogP contribution in [0.5, 0.6) is 5.75 Å². The number of aryl methyl sites for hydroxylation is 4. The van der Waals surface area contributed by atoms with Gasteiger partial charge in [-0.15, -0.1) is 11.3 Å². The maximum Gasteiger partial charge on any atom is 0.246 e. The van der Waals surface area contributed by atoms with E-state index in [0.717, 1.165) is 32.8 Å². The number of nitrogens with two attached hydrogens (primary N) is 2. The van der Waals surface area contributed by atoms with Crippen LogP contribution in [0.4, 0.5) is 10.1 Å². The van der Waals surface area contributed by atoms with Gasteiger partial charge < -0.3 is 42.2 Å². The Hall–Kier alpha value is -6.24. The van der Waals surface area contributed by atoms with E-state index in [1.807, 2.05) is 56.3 Å². The molecule has 16 nitrogen and oxygen atoms in total. The Bertz CT molecular complexity index is 2620. The van der Waals surface area contributed by atoms with E-state index in [1.54, 1.807) is 50.6 Å². The average molecular weight is 981 g/mol. The van der Waals surface area contributed by atoms with Crippen molar-refractivity contribution >= 4 is 52.5 Å². The number of ether oxygens (including phenoxy) is 1. The summed E-state index contributed by atoms with van der Waals surface area (Å²) in [5.74, 6) is -3.47. The third-order valence-electron chi connectivity index (χ3n) is 13.4. The van der Waals surface area contributed by atoms with Crippen LogP contribution < -0.4 is 37.1 Å². The summed E-state index contributed by atoms with van der Waals surface area (Å²) < 4.78 is 22.1. The van der Waals surface area contributed by atoms with Gasteiger partial charge in [0.05, 0.1) is 46.0 Å². The van der Waals surface area contributed by atoms with E-state index in [-0.39, 0.29) is 69.8 Å². The smallest absolute Gasteiger partial charge is 0.246 e. The fraction of sp³-hybridized carbons (Fsp3) is 0.481. The molecular formula is C52H65FN8O8S. The van der Waals surface area contributed by atoms with Crippen LogP contribution in [0.15, 0.2) is 60.1 Å². The minimum atomic E-state index is -1.04. The summed E-state index contributed by atoms with van der Waals surface area (Å²) in [5, 5.41) is 19.5. The summed E-state index contributed by atoms with van der Waals surface area (Å²) in [6, 6.07) is 11.9. The zero-order chi connectivity index (χ0) is 50.6. The van der Waals surface area contributed by atoms with E-state index in [2.05, 4.69) is 20.9 Å². The molecule has 7 atom stereocenters. The Morgan fingerprint density at radius 3 is 2.39 bits per heavy atom. The number of benzene rings is 3. The first-order chi connectivity index (χ1) is 33.2. The van der Waals surface area contributed by atoms with E-state index < -0.39 is 83.1 Å². The van der Waals surface area contributed by atoms with Gasteiger partial charge in [0.2, 0.25) is 35.4 Å². The average Bonchev–Trinajstić information content (AvgIpc) is 4.03. The number of primary amides is 1. The summed E-state index contributed by atoms with van der Waals surface area (Å²) in [6.45, 7) is 10.7. The predicted octanol–water partition coefficient (Wildman–Crippen LogP) is 4.62. The van der Waals surface area contributed by atoms with Crippen LogP contribution in [0.1, 0.15) is 106 Å². The first-order valence-corrected chi connectivity index (χ1v) is 24.9. The highest BCUT2D eigenvalue weighted by molar-refractivity contribution is 7.13. The third kappa shape index (κ3) is 11.8. The zero-order valence-corrected chi connectivity index (χ0v) is 41.5. The molecule has 0 radical (unpaired) electrons. The summed E-state index contributed by atoms with van der Waals surface area (Å²) in [6.07, 6.45) is 0.783. The van der Waals surface area contributed by atoms with Gasteiger partial charge in [0.25, 0.3) is 0 Å². The molecule has 6 amide bonds. The van der Waals surface area contributed by atoms with Crippen LogP contribution in [0, 0.1) is 25.1 Å². The number of likely N-dealkylation sites (tertiary alicyclic amines) is 1. The van der Waals surface area contributed by atoms with Gasteiger partial charge in [-0.3, -0.25) is 33.7 Å². The summed E-state index contributed by atoms with van der Waals surface area (Å²) >= 11 is 1.55. The molecule has 1 aromatic heterocycles. The highest BCUT2D eigenvalue weighted by atomic mass is 32.1. The number of amides is 6. The second kappa shape index (κ2) is 21.8. The van der Waals surface area contributed by atoms with Crippen LogP contribution in [-0.4, -0.2) is 99.9 Å². The van der Waals surface area contributed by atoms with Crippen molar-refractivity contribution < 1.29 is 43.0 Å². The summed E-state index contributed by atoms with van der Waals surface area (Å²) in [5.41, 5.74) is 19.0. The molecular weight excluding hydrogens is 916 g/mol. The molecule has 4 aromatic rings. The quantitative estimate of drug-likeness (QED) is 0.0809. The van der Waals surface area contributed by atoms with E-state index in [4.69, 9.17) is 16.2 Å². The molecule has 0 saturated carbocycles. The Balaban J connectivity index is 0.948. The molecule has 374 valence electrons. The number of thiazole rings is 1. The molecule has 3 aliphatic rings. The van der Waals surface area contributed by atoms with Gasteiger partial charge in [-0.25, -0.2) is 9.37 Å². The lowest BCUT2D eigenvalue weighted by atomic mass is 9.85. The number of aromatic nitrogens is 1. The highest BCUT2D eigenvalue weighted by Crippen LogP contribution is 2.39. The number of para-hydroxylation sites is 1. The monoisotopic (exact) mass is 980 g/mol. The highest BCUT2D eigenvalue weighted by Gasteiger charge is 2.46. The van der Waals surface area contributed by atoms with E-state index in [1.165, 1.54) is 15.9 Å². The molecule has 3 aliphatic heterocycles. The topological polar surface area (TPSA) is 239 Å². The van der Waals surface area contributed by atoms with Gasteiger partial charge in [0, 0.05) is 32.2 Å². The number of hydrogen-bond acceptors (Lipinski definition) is 11. The van der Waals surface area contributed by atoms with Crippen LogP contribution in [0.3, 0.4) is 0 Å². The summed E-state index contributed by atoms with van der Waals surface area (Å²) in [7, 11) is 0. The Labute approximate surface area is 412 Å². The largest absolute Gasteiger partial charge is 0.488 e. The number of nitrogens with zero attached hydrogens (tertiary/aromatic N) is 3. The van der Waals surface area contributed by atoms with E-state index in [9.17, 15) is 33.9 Å². The van der Waals surface area contributed by atoms with Gasteiger partial charge in [-0.2, -0.15) is 0 Å². The number of aliphatic hydroxyl groups excluding tert-OH is 1. The van der Waals surface area contributed by atoms with E-state index >= 15 is 4.39 Å². The number of carbonyl (C=O) groups excluding carboxylic acids is 6. The first-order valence-electron chi connectivity index (χ1n) is 24.0. The fourth-order valence-electron chi connectivity index (χ4n) is 9.65. The Morgan fingerprint density at radius 1 is 0.986 bits per heavy atom. The SMILES string of the molecule is Cc1cc(CCCC(=O)N[C@H](C(=O)N2C[C@H](O)C[C@H]2C(=O)N[C@@H](C)c2ccc(-c3scnc3C)cc2)C(C)(C)C)c(F)c(OC[C@H](CCC(N)=O)NC(=O)[C@@H]2Cc3cccc4c3N2C(=O)[C@@H](N)CC4)c1. The van der Waals surface area contributed by atoms with Crippen molar-refractivity contribution in [3.05, 3.63) is 99.4 Å². The normalized spacial score (nSPS) is 20.0. The lowest BCUT2D eigenvalue weighted by Crippen LogP contribution is -2.57. The second-order valence-corrected chi connectivity index (χ2v) is 20.8. The molecule has 0 aliphatic carbocycles. The van der Waals surface area contributed by atoms with Gasteiger partial charge >= 0.3 is 0 Å². The van der Waals surface area contributed by atoms with Crippen molar-refractivity contribution in [2.75, 3.05) is 18.1 Å². The number of aliphatic hydroxyl groups is 1. The Kier molecular flexibility index (Phi) is 16.1. The van der Waals surface area contributed by atoms with Crippen molar-refractivity contribution in [1.82, 2.24) is 25.8 Å². The van der Waals surface area contributed by atoms with Gasteiger partial charge in [-0.1, -0.05) is 69.3 Å². The zero-order valence-electron chi connectivity index (χ0n) is 40.7. The van der Waals surface area contributed by atoms with Crippen LogP contribution >= 0.6 is 11.3 Å². The number of carbonyl (C=O) groups is 6. The molecule has 0 unspecified atom stereocenters. The first kappa shape index (κ1) is 51.6. The fourth-order valence-corrected chi connectivity index (χ4v) is 10.5. The van der Waals surface area contributed by atoms with Crippen molar-refractivity contribution in [2.45, 2.75) is 142 Å². The van der Waals surface area contributed by atoms with Crippen molar-refractivity contribution in [1.29, 1.82) is 0 Å². The van der Waals surface area contributed by atoms with E-state index in [0.29, 0.717) is 29.7 Å². The molecule has 1 fully saturated rings. The molecule has 70 heavy (non-hydrogen) atoms. The molecule has 0 bridgehead atoms. The van der Waals surface area contributed by atoms with Crippen molar-refractivity contribution in [3.8, 4) is 16.2 Å². The lowest BCUT2D eigenvalue weighted by molar-refractivity contribution is -0.144. The number of halogens is 1. The lowest BCUT2D eigenvalue weighted by Gasteiger charge is -2.35. The van der Waals surface area contributed by atoms with Crippen LogP contribution in [0.2, 0.25) is 0 Å². The second-order valence-electron chi connectivity index (χ2n) is 20.0. The molecule has 3 aromatic carbocycles. The molecule has 0 spiro atoms. The maximum absolute atomic E-state index is 16.1. The molecule has 7 rings (SSSR count). The van der Waals surface area contributed by atoms with Gasteiger partial charge in [-0.05, 0) is 97.7 Å². The molecule has 8 N–H and O–H groups in total. The minimum Gasteiger partial charge on any atom is -0.488 e. The van der Waals surface area contributed by atoms with Crippen LogP contribution in [-0.2, 0) is 48.0 Å². The van der Waals surface area contributed by atoms with Crippen LogP contribution in [0.25, 0.3) is 10.4 Å². The number of rotatable bonds is 18. The predicted molar refractivity (Wildman–Crippen MR) is 264 cm³/mol. The number of anilines is 1. The maximum atomic E-state index is 16.1. The molecule has 4 heterocycles. The molecule has 1 saturated heterocycles. The Morgan fingerprint density at radius 2 is 1.70 bits per heavy atom. The third-order valence-corrected chi connectivity index (χ3v) is 14.4. The number of nitrogens with one attached hydrogen (secondary N) is 3. The number of hydrogen-bond donors (Lipinski definition) is 6.